The van der Waals surface area contributed by atoms with Crippen LogP contribution in [0.2, 0.25) is 0 Å². The second-order valence-corrected chi connectivity index (χ2v) is 9.66. The van der Waals surface area contributed by atoms with Gasteiger partial charge in [0.15, 0.2) is 5.78 Å². The van der Waals surface area contributed by atoms with Crippen molar-refractivity contribution in [2.75, 3.05) is 13.6 Å². The number of likely N-dealkylation sites (N-methyl/N-ethyl adjacent to an activating group) is 1. The van der Waals surface area contributed by atoms with Gasteiger partial charge in [-0.05, 0) is 42.7 Å². The summed E-state index contributed by atoms with van der Waals surface area (Å²) >= 11 is 0. The Morgan fingerprint density at radius 2 is 1.44 bits per heavy atom. The lowest BCUT2D eigenvalue weighted by molar-refractivity contribution is -0.121. The molecule has 0 aliphatic carbocycles. The summed E-state index contributed by atoms with van der Waals surface area (Å²) in [6, 6.07) is 23.3. The van der Waals surface area contributed by atoms with Crippen molar-refractivity contribution in [3.63, 3.8) is 0 Å². The first kappa shape index (κ1) is 23.4. The smallest absolute Gasteiger partial charge is 0.243 e. The molecule has 0 radical (unpaired) electrons. The van der Waals surface area contributed by atoms with E-state index in [0.29, 0.717) is 5.56 Å². The zero-order valence-corrected chi connectivity index (χ0v) is 19.1. The van der Waals surface area contributed by atoms with Gasteiger partial charge in [-0.2, -0.15) is 4.31 Å². The van der Waals surface area contributed by atoms with Crippen molar-refractivity contribution in [1.82, 2.24) is 9.62 Å². The average Bonchev–Trinajstić information content (AvgIpc) is 2.79. The summed E-state index contributed by atoms with van der Waals surface area (Å²) in [4.78, 5) is 23.9. The van der Waals surface area contributed by atoms with Crippen LogP contribution < -0.4 is 5.32 Å². The molecule has 0 aromatic heterocycles. The monoisotopic (exact) mass is 450 g/mol. The molecular weight excluding hydrogens is 424 g/mol. The summed E-state index contributed by atoms with van der Waals surface area (Å²) in [5.41, 5.74) is 3.54. The minimum Gasteiger partial charge on any atom is -0.348 e. The second-order valence-electron chi connectivity index (χ2n) is 7.62. The molecule has 6 nitrogen and oxygen atoms in total. The van der Waals surface area contributed by atoms with Crippen LogP contribution in [0.1, 0.15) is 35.8 Å². The molecule has 0 aliphatic rings. The van der Waals surface area contributed by atoms with Crippen LogP contribution in [0.5, 0.6) is 0 Å². The van der Waals surface area contributed by atoms with Gasteiger partial charge in [-0.25, -0.2) is 8.42 Å². The Balaban J connectivity index is 1.62. The van der Waals surface area contributed by atoms with Crippen LogP contribution in [0.3, 0.4) is 0 Å². The first-order chi connectivity index (χ1) is 15.2. The molecule has 0 bridgehead atoms. The molecule has 0 heterocycles. The number of Topliss-reactive ketones (excluding diaryl/α,β-unsaturated/α-hetero) is 1. The standard InChI is InChI=1S/C25H26N2O4S/c1-18(20-9-11-23(12-10-20)22-7-5-4-6-8-22)26-25(29)17-27(3)32(30,31)24-15-13-21(14-16-24)19(2)28/h4-16,18H,17H2,1-3H3,(H,26,29)/t18-/m1/s1. The predicted octanol–water partition coefficient (Wildman–Crippen LogP) is 4.05. The molecule has 0 fully saturated rings. The van der Waals surface area contributed by atoms with Crippen molar-refractivity contribution in [2.45, 2.75) is 24.8 Å². The fourth-order valence-corrected chi connectivity index (χ4v) is 4.42. The number of rotatable bonds is 8. The Bertz CT molecular complexity index is 1190. The van der Waals surface area contributed by atoms with Crippen LogP contribution >= 0.6 is 0 Å². The van der Waals surface area contributed by atoms with Gasteiger partial charge >= 0.3 is 0 Å². The molecule has 0 spiro atoms. The number of carbonyl (C=O) groups excluding carboxylic acids is 2. The highest BCUT2D eigenvalue weighted by Gasteiger charge is 2.23. The lowest BCUT2D eigenvalue weighted by atomic mass is 10.0. The summed E-state index contributed by atoms with van der Waals surface area (Å²) in [5.74, 6) is -0.552. The minimum atomic E-state index is -3.85. The van der Waals surface area contributed by atoms with Crippen LogP contribution in [-0.2, 0) is 14.8 Å². The van der Waals surface area contributed by atoms with Crippen molar-refractivity contribution < 1.29 is 18.0 Å². The summed E-state index contributed by atoms with van der Waals surface area (Å²) < 4.78 is 26.5. The van der Waals surface area contributed by atoms with Crippen molar-refractivity contribution in [2.24, 2.45) is 0 Å². The van der Waals surface area contributed by atoms with Crippen LogP contribution in [0.15, 0.2) is 83.8 Å². The molecule has 3 aromatic rings. The van der Waals surface area contributed by atoms with Gasteiger partial charge in [0, 0.05) is 12.6 Å². The molecule has 0 saturated carbocycles. The van der Waals surface area contributed by atoms with Crippen molar-refractivity contribution >= 4 is 21.7 Å². The van der Waals surface area contributed by atoms with Gasteiger partial charge in [0.25, 0.3) is 0 Å². The van der Waals surface area contributed by atoms with E-state index in [0.717, 1.165) is 21.0 Å². The third-order valence-electron chi connectivity index (χ3n) is 5.23. The van der Waals surface area contributed by atoms with Gasteiger partial charge in [0.1, 0.15) is 0 Å². The zero-order chi connectivity index (χ0) is 23.3. The quantitative estimate of drug-likeness (QED) is 0.525. The average molecular weight is 451 g/mol. The highest BCUT2D eigenvalue weighted by molar-refractivity contribution is 7.89. The number of carbonyl (C=O) groups is 2. The maximum atomic E-state index is 12.7. The Hall–Kier alpha value is -3.29. The summed E-state index contributed by atoms with van der Waals surface area (Å²) in [7, 11) is -2.50. The largest absolute Gasteiger partial charge is 0.348 e. The van der Waals surface area contributed by atoms with Crippen molar-refractivity contribution in [3.8, 4) is 11.1 Å². The van der Waals surface area contributed by atoms with Gasteiger partial charge < -0.3 is 5.32 Å². The van der Waals surface area contributed by atoms with Gasteiger partial charge in [0.2, 0.25) is 15.9 Å². The van der Waals surface area contributed by atoms with Gasteiger partial charge in [-0.3, -0.25) is 9.59 Å². The fourth-order valence-electron chi connectivity index (χ4n) is 3.29. The number of sulfonamides is 1. The van der Waals surface area contributed by atoms with E-state index in [2.05, 4.69) is 5.32 Å². The number of amides is 1. The Kier molecular flexibility index (Phi) is 7.22. The number of ketones is 1. The van der Waals surface area contributed by atoms with Crippen LogP contribution in [0.25, 0.3) is 11.1 Å². The van der Waals surface area contributed by atoms with Crippen LogP contribution in [-0.4, -0.2) is 38.0 Å². The molecule has 7 heteroatoms. The molecule has 1 atom stereocenters. The van der Waals surface area contributed by atoms with E-state index in [1.54, 1.807) is 0 Å². The van der Waals surface area contributed by atoms with E-state index in [1.165, 1.54) is 38.2 Å². The van der Waals surface area contributed by atoms with E-state index in [-0.39, 0.29) is 23.3 Å². The highest BCUT2D eigenvalue weighted by Crippen LogP contribution is 2.22. The molecular formula is C25H26N2O4S. The first-order valence-corrected chi connectivity index (χ1v) is 11.6. The molecule has 3 aromatic carbocycles. The van der Waals surface area contributed by atoms with Crippen molar-refractivity contribution in [3.05, 3.63) is 90.0 Å². The lowest BCUT2D eigenvalue weighted by Gasteiger charge is -2.20. The molecule has 3 rings (SSSR count). The first-order valence-electron chi connectivity index (χ1n) is 10.2. The highest BCUT2D eigenvalue weighted by atomic mass is 32.2. The molecule has 1 amide bonds. The van der Waals surface area contributed by atoms with Crippen LogP contribution in [0.4, 0.5) is 0 Å². The minimum absolute atomic E-state index is 0.0300. The van der Waals surface area contributed by atoms with E-state index in [4.69, 9.17) is 0 Å². The Morgan fingerprint density at radius 1 is 0.875 bits per heavy atom. The van der Waals surface area contributed by atoms with E-state index in [9.17, 15) is 18.0 Å². The summed E-state index contributed by atoms with van der Waals surface area (Å²) in [6.07, 6.45) is 0. The molecule has 0 saturated heterocycles. The number of hydrogen-bond donors (Lipinski definition) is 1. The molecule has 166 valence electrons. The van der Waals surface area contributed by atoms with Crippen LogP contribution in [0, 0.1) is 0 Å². The number of benzene rings is 3. The van der Waals surface area contributed by atoms with Gasteiger partial charge in [-0.15, -0.1) is 0 Å². The summed E-state index contributed by atoms with van der Waals surface area (Å²) in [6.45, 7) is 2.95. The maximum absolute atomic E-state index is 12.7. The van der Waals surface area contributed by atoms with E-state index in [1.807, 2.05) is 61.5 Å². The second kappa shape index (κ2) is 9.89. The fraction of sp³-hybridized carbons (Fsp3) is 0.200. The third kappa shape index (κ3) is 5.49. The van der Waals surface area contributed by atoms with E-state index < -0.39 is 15.9 Å². The third-order valence-corrected chi connectivity index (χ3v) is 7.05. The van der Waals surface area contributed by atoms with Gasteiger partial charge in [0.05, 0.1) is 17.5 Å². The number of nitrogens with one attached hydrogen (secondary N) is 1. The normalized spacial score (nSPS) is 12.4. The molecule has 1 N–H and O–H groups in total. The van der Waals surface area contributed by atoms with Gasteiger partial charge in [-0.1, -0.05) is 66.7 Å². The summed E-state index contributed by atoms with van der Waals surface area (Å²) in [5, 5.41) is 2.84. The number of nitrogens with zero attached hydrogens (tertiary/aromatic N) is 1. The van der Waals surface area contributed by atoms with E-state index >= 15 is 0 Å². The molecule has 0 aliphatic heterocycles. The number of hydrogen-bond acceptors (Lipinski definition) is 4. The van der Waals surface area contributed by atoms with Crippen molar-refractivity contribution in [1.29, 1.82) is 0 Å². The Labute approximate surface area is 188 Å². The maximum Gasteiger partial charge on any atom is 0.243 e. The zero-order valence-electron chi connectivity index (χ0n) is 18.3. The topological polar surface area (TPSA) is 83.6 Å². The SMILES string of the molecule is CC(=O)c1ccc(S(=O)(=O)N(C)CC(=O)N[C@H](C)c2ccc(-c3ccccc3)cc2)cc1. The lowest BCUT2D eigenvalue weighted by Crippen LogP contribution is -2.39. The molecule has 32 heavy (non-hydrogen) atoms. The molecule has 0 unspecified atom stereocenters. The Morgan fingerprint density at radius 3 is 2.00 bits per heavy atom. The predicted molar refractivity (Wildman–Crippen MR) is 125 cm³/mol.